The van der Waals surface area contributed by atoms with Crippen LogP contribution in [0.2, 0.25) is 0 Å². The van der Waals surface area contributed by atoms with Crippen molar-refractivity contribution in [2.75, 3.05) is 26.3 Å². The van der Waals surface area contributed by atoms with E-state index in [0.717, 1.165) is 38.4 Å². The number of benzene rings is 2. The molecule has 1 aliphatic heterocycles. The van der Waals surface area contributed by atoms with Crippen molar-refractivity contribution in [3.63, 3.8) is 0 Å². The predicted octanol–water partition coefficient (Wildman–Crippen LogP) is 3.06. The standard InChI is InChI=1S/C18H18N2O/c19-13-15-4-3-6-16(12-15)18-7-2-1-5-17(18)14-20-8-10-21-11-9-20/h1-7,12H,8-11,14H2. The summed E-state index contributed by atoms with van der Waals surface area (Å²) in [5.41, 5.74) is 4.32. The molecule has 0 aliphatic carbocycles. The molecule has 3 heteroatoms. The maximum Gasteiger partial charge on any atom is 0.0991 e. The highest BCUT2D eigenvalue weighted by atomic mass is 16.5. The summed E-state index contributed by atoms with van der Waals surface area (Å²) >= 11 is 0. The quantitative estimate of drug-likeness (QED) is 0.865. The summed E-state index contributed by atoms with van der Waals surface area (Å²) in [5.74, 6) is 0. The van der Waals surface area contributed by atoms with Crippen LogP contribution in [0.1, 0.15) is 11.1 Å². The van der Waals surface area contributed by atoms with Crippen molar-refractivity contribution < 1.29 is 4.74 Å². The van der Waals surface area contributed by atoms with Crippen LogP contribution < -0.4 is 0 Å². The van der Waals surface area contributed by atoms with E-state index in [-0.39, 0.29) is 0 Å². The van der Waals surface area contributed by atoms with Crippen molar-refractivity contribution in [2.45, 2.75) is 6.54 Å². The van der Waals surface area contributed by atoms with Crippen LogP contribution in [-0.4, -0.2) is 31.2 Å². The maximum atomic E-state index is 9.07. The summed E-state index contributed by atoms with van der Waals surface area (Å²) in [6, 6.07) is 18.5. The number of nitriles is 1. The molecule has 1 heterocycles. The van der Waals surface area contributed by atoms with Crippen LogP contribution in [0, 0.1) is 11.3 Å². The van der Waals surface area contributed by atoms with Crippen LogP contribution >= 0.6 is 0 Å². The SMILES string of the molecule is N#Cc1cccc(-c2ccccc2CN2CCOCC2)c1. The normalized spacial score (nSPS) is 15.6. The Morgan fingerprint density at radius 1 is 1.05 bits per heavy atom. The van der Waals surface area contributed by atoms with Crippen LogP contribution in [0.4, 0.5) is 0 Å². The fourth-order valence-corrected chi connectivity index (χ4v) is 2.70. The lowest BCUT2D eigenvalue weighted by Gasteiger charge is -2.27. The average molecular weight is 278 g/mol. The Bertz CT molecular complexity index is 654. The van der Waals surface area contributed by atoms with Crippen LogP contribution in [0.5, 0.6) is 0 Å². The van der Waals surface area contributed by atoms with Crippen LogP contribution in [-0.2, 0) is 11.3 Å². The summed E-state index contributed by atoms with van der Waals surface area (Å²) in [7, 11) is 0. The van der Waals surface area contributed by atoms with E-state index >= 15 is 0 Å². The minimum Gasteiger partial charge on any atom is -0.379 e. The molecule has 0 radical (unpaired) electrons. The molecule has 3 nitrogen and oxygen atoms in total. The molecular formula is C18H18N2O. The van der Waals surface area contributed by atoms with Crippen molar-refractivity contribution >= 4 is 0 Å². The topological polar surface area (TPSA) is 36.3 Å². The van der Waals surface area contributed by atoms with Crippen LogP contribution in [0.3, 0.4) is 0 Å². The molecule has 0 atom stereocenters. The van der Waals surface area contributed by atoms with E-state index in [1.54, 1.807) is 0 Å². The Morgan fingerprint density at radius 3 is 2.67 bits per heavy atom. The second-order valence-electron chi connectivity index (χ2n) is 5.24. The van der Waals surface area contributed by atoms with E-state index in [4.69, 9.17) is 10.00 Å². The third kappa shape index (κ3) is 3.30. The van der Waals surface area contributed by atoms with Crippen LogP contribution in [0.25, 0.3) is 11.1 Å². The Labute approximate surface area is 125 Å². The predicted molar refractivity (Wildman–Crippen MR) is 82.7 cm³/mol. The monoisotopic (exact) mass is 278 g/mol. The second kappa shape index (κ2) is 6.53. The summed E-state index contributed by atoms with van der Waals surface area (Å²) in [4.78, 5) is 2.41. The highest BCUT2D eigenvalue weighted by Gasteiger charge is 2.13. The van der Waals surface area contributed by atoms with E-state index in [2.05, 4.69) is 41.3 Å². The lowest BCUT2D eigenvalue weighted by Crippen LogP contribution is -2.35. The number of nitrogens with zero attached hydrogens (tertiary/aromatic N) is 2. The van der Waals surface area contributed by atoms with Gasteiger partial charge < -0.3 is 4.74 Å². The third-order valence-electron chi connectivity index (χ3n) is 3.82. The number of hydrogen-bond acceptors (Lipinski definition) is 3. The Hall–Kier alpha value is -2.15. The first-order valence-electron chi connectivity index (χ1n) is 7.25. The molecule has 3 rings (SSSR count). The van der Waals surface area contributed by atoms with Gasteiger partial charge in [0.15, 0.2) is 0 Å². The van der Waals surface area contributed by atoms with Crippen molar-refractivity contribution in [2.24, 2.45) is 0 Å². The summed E-state index contributed by atoms with van der Waals surface area (Å²) in [6.07, 6.45) is 0. The van der Waals surface area contributed by atoms with Crippen molar-refractivity contribution in [3.8, 4) is 17.2 Å². The Balaban J connectivity index is 1.89. The molecule has 21 heavy (non-hydrogen) atoms. The molecule has 1 saturated heterocycles. The first-order valence-corrected chi connectivity index (χ1v) is 7.25. The zero-order valence-corrected chi connectivity index (χ0v) is 12.0. The molecule has 0 unspecified atom stereocenters. The van der Waals surface area contributed by atoms with E-state index in [0.29, 0.717) is 5.56 Å². The molecule has 0 saturated carbocycles. The molecule has 1 fully saturated rings. The molecule has 0 N–H and O–H groups in total. The van der Waals surface area contributed by atoms with E-state index in [9.17, 15) is 0 Å². The molecule has 1 aliphatic rings. The van der Waals surface area contributed by atoms with Gasteiger partial charge >= 0.3 is 0 Å². The van der Waals surface area contributed by atoms with Gasteiger partial charge in [0.05, 0.1) is 24.8 Å². The fourth-order valence-electron chi connectivity index (χ4n) is 2.70. The van der Waals surface area contributed by atoms with E-state index in [1.807, 2.05) is 18.2 Å². The van der Waals surface area contributed by atoms with Crippen LogP contribution in [0.15, 0.2) is 48.5 Å². The zero-order valence-electron chi connectivity index (χ0n) is 12.0. The molecule has 0 spiro atoms. The summed E-state index contributed by atoms with van der Waals surface area (Å²) < 4.78 is 5.40. The van der Waals surface area contributed by atoms with Gasteiger partial charge in [0.1, 0.15) is 0 Å². The molecular weight excluding hydrogens is 260 g/mol. The second-order valence-corrected chi connectivity index (χ2v) is 5.24. The number of morpholine rings is 1. The summed E-state index contributed by atoms with van der Waals surface area (Å²) in [6.45, 7) is 4.51. The third-order valence-corrected chi connectivity index (χ3v) is 3.82. The molecule has 2 aromatic rings. The van der Waals surface area contributed by atoms with Gasteiger partial charge in [-0.1, -0.05) is 36.4 Å². The number of ether oxygens (including phenoxy) is 1. The van der Waals surface area contributed by atoms with Gasteiger partial charge in [-0.3, -0.25) is 4.90 Å². The minimum absolute atomic E-state index is 0.702. The van der Waals surface area contributed by atoms with Gasteiger partial charge in [0.2, 0.25) is 0 Å². The molecule has 0 aromatic heterocycles. The highest BCUT2D eigenvalue weighted by Crippen LogP contribution is 2.25. The van der Waals surface area contributed by atoms with E-state index < -0.39 is 0 Å². The maximum absolute atomic E-state index is 9.07. The highest BCUT2D eigenvalue weighted by molar-refractivity contribution is 5.68. The zero-order chi connectivity index (χ0) is 14.5. The average Bonchev–Trinajstić information content (AvgIpc) is 2.56. The van der Waals surface area contributed by atoms with E-state index in [1.165, 1.54) is 11.1 Å². The lowest BCUT2D eigenvalue weighted by atomic mass is 9.98. The van der Waals surface area contributed by atoms with Crippen molar-refractivity contribution in [3.05, 3.63) is 59.7 Å². The van der Waals surface area contributed by atoms with Gasteiger partial charge in [-0.05, 0) is 28.8 Å². The van der Waals surface area contributed by atoms with Gasteiger partial charge in [0, 0.05) is 19.6 Å². The largest absolute Gasteiger partial charge is 0.379 e. The fraction of sp³-hybridized carbons (Fsp3) is 0.278. The first-order chi connectivity index (χ1) is 10.4. The Kier molecular flexibility index (Phi) is 4.30. The molecule has 0 amide bonds. The molecule has 0 bridgehead atoms. The number of hydrogen-bond donors (Lipinski definition) is 0. The first kappa shape index (κ1) is 13.8. The van der Waals surface area contributed by atoms with Crippen molar-refractivity contribution in [1.29, 1.82) is 5.26 Å². The van der Waals surface area contributed by atoms with Gasteiger partial charge in [-0.25, -0.2) is 0 Å². The minimum atomic E-state index is 0.702. The molecule has 2 aromatic carbocycles. The molecule has 106 valence electrons. The Morgan fingerprint density at radius 2 is 1.86 bits per heavy atom. The smallest absolute Gasteiger partial charge is 0.0991 e. The number of rotatable bonds is 3. The summed E-state index contributed by atoms with van der Waals surface area (Å²) in [5, 5.41) is 9.07. The van der Waals surface area contributed by atoms with Crippen molar-refractivity contribution in [1.82, 2.24) is 4.90 Å². The van der Waals surface area contributed by atoms with Gasteiger partial charge in [0.25, 0.3) is 0 Å². The van der Waals surface area contributed by atoms with Gasteiger partial charge in [-0.15, -0.1) is 0 Å². The van der Waals surface area contributed by atoms with Gasteiger partial charge in [-0.2, -0.15) is 5.26 Å². The lowest BCUT2D eigenvalue weighted by molar-refractivity contribution is 0.0342.